The van der Waals surface area contributed by atoms with Gasteiger partial charge in [0.25, 0.3) is 0 Å². The van der Waals surface area contributed by atoms with E-state index in [-0.39, 0.29) is 23.2 Å². The number of aliphatic hydroxyl groups is 1. The van der Waals surface area contributed by atoms with Gasteiger partial charge in [-0.3, -0.25) is 4.90 Å². The number of nitrogens with zero attached hydrogens (tertiary/aromatic N) is 3. The van der Waals surface area contributed by atoms with Crippen molar-refractivity contribution in [3.05, 3.63) is 64.9 Å². The first kappa shape index (κ1) is 33.0. The van der Waals surface area contributed by atoms with Crippen LogP contribution in [0.5, 0.6) is 5.75 Å². The molecular weight excluding hydrogens is 580 g/mol. The number of para-hydroxylation sites is 1. The highest BCUT2D eigenvalue weighted by atomic mass is 16.3. The predicted molar refractivity (Wildman–Crippen MR) is 193 cm³/mol. The highest BCUT2D eigenvalue weighted by Crippen LogP contribution is 2.57. The second kappa shape index (κ2) is 14.2. The van der Waals surface area contributed by atoms with Gasteiger partial charge in [0.05, 0.1) is 6.10 Å². The normalized spacial score (nSPS) is 37.7. The molecule has 6 bridgehead atoms. The van der Waals surface area contributed by atoms with Crippen molar-refractivity contribution in [2.24, 2.45) is 34.8 Å². The minimum absolute atomic E-state index is 0.217. The van der Waals surface area contributed by atoms with Gasteiger partial charge >= 0.3 is 0 Å². The minimum Gasteiger partial charge on any atom is -0.506 e. The number of aromatic nitrogens is 1. The molecule has 2 fully saturated rings. The van der Waals surface area contributed by atoms with Gasteiger partial charge in [0.2, 0.25) is 0 Å². The fourth-order valence-corrected chi connectivity index (χ4v) is 10.5. The van der Waals surface area contributed by atoms with Crippen LogP contribution in [0.4, 0.5) is 0 Å². The van der Waals surface area contributed by atoms with Gasteiger partial charge in [-0.2, -0.15) is 0 Å². The summed E-state index contributed by atoms with van der Waals surface area (Å²) >= 11 is 0. The Labute approximate surface area is 282 Å². The molecule has 8 rings (SSSR count). The maximum absolute atomic E-state index is 11.1. The Kier molecular flexibility index (Phi) is 9.94. The van der Waals surface area contributed by atoms with Crippen molar-refractivity contribution in [3.8, 4) is 5.75 Å². The van der Waals surface area contributed by atoms with Crippen LogP contribution in [0, 0.1) is 29.1 Å². The molecule has 9 atom stereocenters. The number of aliphatic hydroxyl groups excluding tert-OH is 1. The van der Waals surface area contributed by atoms with E-state index in [9.17, 15) is 10.2 Å². The lowest BCUT2D eigenvalue weighted by Crippen LogP contribution is -2.69. The van der Waals surface area contributed by atoms with Gasteiger partial charge < -0.3 is 20.8 Å². The summed E-state index contributed by atoms with van der Waals surface area (Å²) < 4.78 is 0. The van der Waals surface area contributed by atoms with E-state index in [1.54, 1.807) is 11.6 Å². The molecule has 1 spiro atoms. The van der Waals surface area contributed by atoms with Crippen molar-refractivity contribution in [2.45, 2.75) is 96.6 Å². The molecule has 1 aromatic heterocycles. The van der Waals surface area contributed by atoms with Gasteiger partial charge in [-0.05, 0) is 125 Å². The monoisotopic (exact) mass is 638 g/mol. The maximum atomic E-state index is 11.1. The molecule has 2 saturated heterocycles. The fourth-order valence-electron chi connectivity index (χ4n) is 10.5. The van der Waals surface area contributed by atoms with Crippen LogP contribution in [0.3, 0.4) is 0 Å². The first-order valence-electron chi connectivity index (χ1n) is 18.9. The lowest BCUT2D eigenvalue weighted by atomic mass is 9.51. The number of hydrogen-bond donors (Lipinski definition) is 3. The number of piperidine rings is 2. The summed E-state index contributed by atoms with van der Waals surface area (Å²) in [5.74, 6) is 2.43. The van der Waals surface area contributed by atoms with Gasteiger partial charge in [0.15, 0.2) is 0 Å². The summed E-state index contributed by atoms with van der Waals surface area (Å²) in [5, 5.41) is 23.0. The number of pyridine rings is 1. The molecule has 2 aromatic rings. The molecule has 0 amide bonds. The molecule has 1 aliphatic carbocycles. The van der Waals surface area contributed by atoms with Crippen LogP contribution in [-0.2, 0) is 12.8 Å². The van der Waals surface area contributed by atoms with Crippen LogP contribution >= 0.6 is 0 Å². The Morgan fingerprint density at radius 1 is 1.00 bits per heavy atom. The standard InChI is InChI=1S/C41H58N4O2/c1-28-16-17-36-33(32(18-21-42)34-13-10-15-38(47)39(34)43-36)12-8-9-20-41-27-44-22-19-35(41)31-23-30(40(41)45(24-28)26-31)11-6-4-3-5-7-14-37(46)29(2)25-44/h3-4,8,10,12-13,15,23,28-29,31,35,37,40,46-47H,5-7,9,11,14,16-22,24-27,42H2,1-2H3/b4-3+,12-8-/t28-,29+,31-,35-,37-,40-,41-/m1/s1. The average Bonchev–Trinajstić information content (AvgIpc) is 3.06. The number of fused-ring (bicyclic) bond motifs is 3. The number of benzene rings is 1. The van der Waals surface area contributed by atoms with Crippen LogP contribution in [0.15, 0.2) is 48.1 Å². The number of aryl methyl sites for hydroxylation is 1. The van der Waals surface area contributed by atoms with Crippen molar-refractivity contribution in [2.75, 3.05) is 39.3 Å². The van der Waals surface area contributed by atoms with E-state index in [2.05, 4.69) is 60.1 Å². The molecule has 254 valence electrons. The van der Waals surface area contributed by atoms with Crippen molar-refractivity contribution >= 4 is 17.0 Å². The summed E-state index contributed by atoms with van der Waals surface area (Å²) in [7, 11) is 0. The van der Waals surface area contributed by atoms with Crippen molar-refractivity contribution < 1.29 is 10.2 Å². The zero-order valence-corrected chi connectivity index (χ0v) is 28.9. The molecule has 5 aliphatic heterocycles. The Morgan fingerprint density at radius 2 is 1.87 bits per heavy atom. The number of nitrogens with two attached hydrogens (primary N) is 1. The fraction of sp³-hybridized carbons (Fsp3) is 0.634. The maximum Gasteiger partial charge on any atom is 0.141 e. The summed E-state index contributed by atoms with van der Waals surface area (Å²) in [4.78, 5) is 10.8. The zero-order chi connectivity index (χ0) is 32.5. The summed E-state index contributed by atoms with van der Waals surface area (Å²) in [6.07, 6.45) is 23.7. The van der Waals surface area contributed by atoms with E-state index >= 15 is 0 Å². The first-order chi connectivity index (χ1) is 22.9. The second-order valence-electron chi connectivity index (χ2n) is 15.9. The smallest absolute Gasteiger partial charge is 0.141 e. The Morgan fingerprint density at radius 3 is 2.74 bits per heavy atom. The Hall–Kier alpha value is -2.51. The quantitative estimate of drug-likeness (QED) is 0.311. The lowest BCUT2D eigenvalue weighted by molar-refractivity contribution is -0.116. The van der Waals surface area contributed by atoms with E-state index in [1.165, 1.54) is 36.9 Å². The molecule has 4 N–H and O–H groups in total. The van der Waals surface area contributed by atoms with Crippen LogP contribution in [0.25, 0.3) is 17.0 Å². The van der Waals surface area contributed by atoms with Gasteiger partial charge in [0, 0.05) is 48.7 Å². The summed E-state index contributed by atoms with van der Waals surface area (Å²) in [5.41, 5.74) is 12.4. The highest BCUT2D eigenvalue weighted by molar-refractivity contribution is 5.90. The SMILES string of the molecule is C[C@@H]1CCc2nc3c(O)cccc3c(CCN)c2/C=C\CC[C@@]23CN4CC[C@@H]2[C@@H]2C=C(CC/C=C/CCC[C@@H](O)[C@@H](C)C4)[C@H]3N(C1)C2. The molecule has 6 aliphatic rings. The molecular formula is C41H58N4O2. The highest BCUT2D eigenvalue weighted by Gasteiger charge is 2.59. The summed E-state index contributed by atoms with van der Waals surface area (Å²) in [6, 6.07) is 6.27. The van der Waals surface area contributed by atoms with Crippen molar-refractivity contribution in [1.82, 2.24) is 14.8 Å². The molecule has 6 heteroatoms. The molecule has 2 unspecified atom stereocenters. The summed E-state index contributed by atoms with van der Waals surface area (Å²) in [6.45, 7) is 10.9. The zero-order valence-electron chi connectivity index (χ0n) is 28.9. The number of aromatic hydroxyl groups is 1. The van der Waals surface area contributed by atoms with Crippen molar-refractivity contribution in [3.63, 3.8) is 0 Å². The lowest BCUT2D eigenvalue weighted by Gasteiger charge is -2.65. The van der Waals surface area contributed by atoms with Gasteiger partial charge in [0.1, 0.15) is 11.3 Å². The van der Waals surface area contributed by atoms with E-state index in [0.29, 0.717) is 29.9 Å². The van der Waals surface area contributed by atoms with E-state index in [1.807, 2.05) is 6.07 Å². The molecule has 0 radical (unpaired) electrons. The second-order valence-corrected chi connectivity index (χ2v) is 15.9. The van der Waals surface area contributed by atoms with E-state index < -0.39 is 0 Å². The third kappa shape index (κ3) is 6.48. The van der Waals surface area contributed by atoms with Crippen LogP contribution < -0.4 is 5.73 Å². The molecule has 1 aromatic carbocycles. The molecule has 0 saturated carbocycles. The van der Waals surface area contributed by atoms with E-state index in [0.717, 1.165) is 94.5 Å². The van der Waals surface area contributed by atoms with E-state index in [4.69, 9.17) is 10.7 Å². The Bertz CT molecular complexity index is 1510. The number of phenols is 1. The Balaban J connectivity index is 1.29. The third-order valence-corrected chi connectivity index (χ3v) is 12.6. The number of allylic oxidation sites excluding steroid dienone is 3. The van der Waals surface area contributed by atoms with Gasteiger partial charge in [-0.15, -0.1) is 0 Å². The minimum atomic E-state index is -0.225. The predicted octanol–water partition coefficient (Wildman–Crippen LogP) is 6.88. The molecule has 47 heavy (non-hydrogen) atoms. The number of phenolic OH excluding ortho intramolecular Hbond substituents is 1. The largest absolute Gasteiger partial charge is 0.506 e. The third-order valence-electron chi connectivity index (χ3n) is 12.6. The van der Waals surface area contributed by atoms with Crippen molar-refractivity contribution in [1.29, 1.82) is 0 Å². The van der Waals surface area contributed by atoms with Crippen LogP contribution in [0.1, 0.15) is 88.5 Å². The average molecular weight is 639 g/mol. The van der Waals surface area contributed by atoms with Gasteiger partial charge in [-0.1, -0.05) is 61.9 Å². The first-order valence-corrected chi connectivity index (χ1v) is 18.9. The molecule has 6 nitrogen and oxygen atoms in total. The van der Waals surface area contributed by atoms with Crippen LogP contribution in [-0.4, -0.2) is 76.4 Å². The molecule has 6 heterocycles. The van der Waals surface area contributed by atoms with Crippen LogP contribution in [0.2, 0.25) is 0 Å². The number of hydrogen-bond acceptors (Lipinski definition) is 6. The topological polar surface area (TPSA) is 85.8 Å². The number of rotatable bonds is 2. The van der Waals surface area contributed by atoms with Gasteiger partial charge in [-0.25, -0.2) is 4.98 Å².